The zero-order valence-electron chi connectivity index (χ0n) is 19.1. The van der Waals surface area contributed by atoms with Crippen LogP contribution in [-0.2, 0) is 9.53 Å². The third-order valence-corrected chi connectivity index (χ3v) is 6.32. The summed E-state index contributed by atoms with van der Waals surface area (Å²) >= 11 is 6.14. The molecule has 1 aliphatic carbocycles. The van der Waals surface area contributed by atoms with Crippen LogP contribution in [0.3, 0.4) is 0 Å². The maximum Gasteiger partial charge on any atom is 0.411 e. The van der Waals surface area contributed by atoms with Crippen molar-refractivity contribution in [3.05, 3.63) is 88.4 Å². The smallest absolute Gasteiger partial charge is 0.411 e. The maximum atomic E-state index is 12.6. The second kappa shape index (κ2) is 10.6. The Hall–Kier alpha value is -3.84. The van der Waals surface area contributed by atoms with Gasteiger partial charge >= 0.3 is 12.1 Å². The summed E-state index contributed by atoms with van der Waals surface area (Å²) in [6.07, 6.45) is -0.280. The highest BCUT2D eigenvalue weighted by Crippen LogP contribution is 2.44. The number of hydrogen-bond acceptors (Lipinski definition) is 4. The Morgan fingerprint density at radius 3 is 2.23 bits per heavy atom. The minimum Gasteiger partial charge on any atom is -0.481 e. The summed E-state index contributed by atoms with van der Waals surface area (Å²) in [6, 6.07) is 20.5. The van der Waals surface area contributed by atoms with E-state index in [2.05, 4.69) is 22.8 Å². The van der Waals surface area contributed by atoms with Crippen LogP contribution < -0.4 is 10.6 Å². The number of fused-ring (bicyclic) bond motifs is 3. The van der Waals surface area contributed by atoms with Gasteiger partial charge in [-0.05, 0) is 46.9 Å². The van der Waals surface area contributed by atoms with Gasteiger partial charge in [-0.3, -0.25) is 14.9 Å². The van der Waals surface area contributed by atoms with E-state index < -0.39 is 23.9 Å². The molecule has 3 aromatic rings. The molecule has 0 aliphatic heterocycles. The summed E-state index contributed by atoms with van der Waals surface area (Å²) < 4.78 is 5.54. The molecule has 3 N–H and O–H groups in total. The first-order valence-electron chi connectivity index (χ1n) is 11.3. The zero-order chi connectivity index (χ0) is 24.9. The van der Waals surface area contributed by atoms with Crippen molar-refractivity contribution in [3.63, 3.8) is 0 Å². The van der Waals surface area contributed by atoms with Gasteiger partial charge in [0.2, 0.25) is 0 Å². The molecule has 0 aromatic heterocycles. The topological polar surface area (TPSA) is 105 Å². The van der Waals surface area contributed by atoms with Gasteiger partial charge in [-0.2, -0.15) is 0 Å². The molecule has 1 unspecified atom stereocenters. The van der Waals surface area contributed by atoms with Gasteiger partial charge in [0.25, 0.3) is 5.91 Å². The molecular weight excluding hydrogens is 468 g/mol. The normalized spacial score (nSPS) is 12.9. The van der Waals surface area contributed by atoms with Crippen molar-refractivity contribution in [1.29, 1.82) is 0 Å². The number of aliphatic carboxylic acids is 1. The first-order chi connectivity index (χ1) is 16.9. The van der Waals surface area contributed by atoms with Crippen molar-refractivity contribution in [2.24, 2.45) is 5.92 Å². The van der Waals surface area contributed by atoms with Gasteiger partial charge in [0, 0.05) is 28.7 Å². The molecule has 180 valence electrons. The Labute approximate surface area is 208 Å². The number of amides is 2. The van der Waals surface area contributed by atoms with Crippen molar-refractivity contribution in [2.75, 3.05) is 18.5 Å². The molecule has 8 heteroatoms. The van der Waals surface area contributed by atoms with Crippen LogP contribution in [0.4, 0.5) is 10.5 Å². The number of rotatable bonds is 8. The standard InChI is InChI=1S/C27H25ClN2O5/c1-2-16(26(32)33)14-29-25(31)17-11-18(28)13-19(12-17)30-27(34)35-15-24-22-9-5-3-7-20(22)21-8-4-6-10-23(21)24/h3-13,16,24H,2,14-15H2,1H3,(H,29,31)(H,30,34)(H,32,33). The average molecular weight is 493 g/mol. The van der Waals surface area contributed by atoms with Crippen LogP contribution >= 0.6 is 11.6 Å². The number of carbonyl (C=O) groups excluding carboxylic acids is 2. The largest absolute Gasteiger partial charge is 0.481 e. The molecule has 1 aliphatic rings. The van der Waals surface area contributed by atoms with Gasteiger partial charge in [0.05, 0.1) is 5.92 Å². The highest BCUT2D eigenvalue weighted by Gasteiger charge is 2.29. The molecule has 0 radical (unpaired) electrons. The fourth-order valence-corrected chi connectivity index (χ4v) is 4.50. The number of halogens is 1. The monoisotopic (exact) mass is 492 g/mol. The van der Waals surface area contributed by atoms with E-state index in [4.69, 9.17) is 21.4 Å². The van der Waals surface area contributed by atoms with E-state index in [1.165, 1.54) is 18.2 Å². The Kier molecular flexibility index (Phi) is 7.36. The van der Waals surface area contributed by atoms with E-state index in [-0.39, 0.29) is 29.7 Å². The first-order valence-corrected chi connectivity index (χ1v) is 11.7. The molecule has 7 nitrogen and oxygen atoms in total. The van der Waals surface area contributed by atoms with Crippen molar-refractivity contribution >= 4 is 35.3 Å². The molecular formula is C27H25ClN2O5. The van der Waals surface area contributed by atoms with Crippen molar-refractivity contribution in [1.82, 2.24) is 5.32 Å². The van der Waals surface area contributed by atoms with Crippen molar-refractivity contribution in [2.45, 2.75) is 19.3 Å². The number of hydrogen-bond donors (Lipinski definition) is 3. The Morgan fingerprint density at radius 2 is 1.63 bits per heavy atom. The zero-order valence-corrected chi connectivity index (χ0v) is 19.8. The lowest BCUT2D eigenvalue weighted by molar-refractivity contribution is -0.141. The SMILES string of the molecule is CCC(CNC(=O)c1cc(Cl)cc(NC(=O)OCC2c3ccccc3-c3ccccc32)c1)C(=O)O. The summed E-state index contributed by atoms with van der Waals surface area (Å²) in [5, 5.41) is 14.6. The molecule has 0 heterocycles. The van der Waals surface area contributed by atoms with E-state index in [9.17, 15) is 14.4 Å². The second-order valence-electron chi connectivity index (χ2n) is 8.33. The molecule has 2 amide bonds. The fourth-order valence-electron chi connectivity index (χ4n) is 4.27. The van der Waals surface area contributed by atoms with Gasteiger partial charge < -0.3 is 15.2 Å². The lowest BCUT2D eigenvalue weighted by Gasteiger charge is -2.15. The van der Waals surface area contributed by atoms with Crippen LogP contribution in [0.25, 0.3) is 11.1 Å². The Balaban J connectivity index is 1.40. The number of anilines is 1. The van der Waals surface area contributed by atoms with Crippen molar-refractivity contribution in [3.8, 4) is 11.1 Å². The Morgan fingerprint density at radius 1 is 1.00 bits per heavy atom. The third kappa shape index (κ3) is 5.46. The number of carbonyl (C=O) groups is 3. The number of carboxylic acids is 1. The molecule has 0 saturated carbocycles. The molecule has 4 rings (SSSR count). The lowest BCUT2D eigenvalue weighted by atomic mass is 9.98. The predicted octanol–water partition coefficient (Wildman–Crippen LogP) is 5.54. The molecule has 0 saturated heterocycles. The molecule has 1 atom stereocenters. The van der Waals surface area contributed by atoms with Gasteiger partial charge in [-0.25, -0.2) is 4.79 Å². The van der Waals surface area contributed by atoms with Crippen LogP contribution in [-0.4, -0.2) is 36.2 Å². The fraction of sp³-hybridized carbons (Fsp3) is 0.222. The maximum absolute atomic E-state index is 12.6. The average Bonchev–Trinajstić information content (AvgIpc) is 3.16. The predicted molar refractivity (Wildman–Crippen MR) is 134 cm³/mol. The molecule has 3 aromatic carbocycles. The minimum absolute atomic E-state index is 0.00762. The summed E-state index contributed by atoms with van der Waals surface area (Å²) in [6.45, 7) is 1.88. The van der Waals surface area contributed by atoms with E-state index in [1.807, 2.05) is 36.4 Å². The van der Waals surface area contributed by atoms with Crippen LogP contribution in [0.1, 0.15) is 40.7 Å². The van der Waals surface area contributed by atoms with Gasteiger partial charge in [-0.15, -0.1) is 0 Å². The molecule has 0 fully saturated rings. The molecule has 0 bridgehead atoms. The minimum atomic E-state index is -0.975. The molecule has 35 heavy (non-hydrogen) atoms. The number of carboxylic acid groups (broad SMARTS) is 1. The quantitative estimate of drug-likeness (QED) is 0.383. The summed E-state index contributed by atoms with van der Waals surface area (Å²) in [7, 11) is 0. The first kappa shape index (κ1) is 24.3. The summed E-state index contributed by atoms with van der Waals surface area (Å²) in [4.78, 5) is 36.2. The van der Waals surface area contributed by atoms with Gasteiger partial charge in [0.15, 0.2) is 0 Å². The third-order valence-electron chi connectivity index (χ3n) is 6.10. The highest BCUT2D eigenvalue weighted by atomic mass is 35.5. The van der Waals surface area contributed by atoms with Crippen LogP contribution in [0.15, 0.2) is 66.7 Å². The van der Waals surface area contributed by atoms with E-state index in [1.54, 1.807) is 6.92 Å². The highest BCUT2D eigenvalue weighted by molar-refractivity contribution is 6.31. The molecule has 0 spiro atoms. The van der Waals surface area contributed by atoms with Gasteiger partial charge in [0.1, 0.15) is 6.61 Å². The van der Waals surface area contributed by atoms with E-state index in [0.717, 1.165) is 22.3 Å². The van der Waals surface area contributed by atoms with Crippen LogP contribution in [0.2, 0.25) is 5.02 Å². The number of nitrogens with one attached hydrogen (secondary N) is 2. The van der Waals surface area contributed by atoms with Crippen LogP contribution in [0.5, 0.6) is 0 Å². The summed E-state index contributed by atoms with van der Waals surface area (Å²) in [5.41, 5.74) is 4.98. The summed E-state index contributed by atoms with van der Waals surface area (Å²) in [5.74, 6) is -2.22. The van der Waals surface area contributed by atoms with Crippen molar-refractivity contribution < 1.29 is 24.2 Å². The van der Waals surface area contributed by atoms with Gasteiger partial charge in [-0.1, -0.05) is 67.1 Å². The van der Waals surface area contributed by atoms with E-state index >= 15 is 0 Å². The van der Waals surface area contributed by atoms with Crippen LogP contribution in [0, 0.1) is 5.92 Å². The number of ether oxygens (including phenoxy) is 1. The Bertz CT molecular complexity index is 1230. The van der Waals surface area contributed by atoms with E-state index in [0.29, 0.717) is 12.1 Å². The lowest BCUT2D eigenvalue weighted by Crippen LogP contribution is -2.32. The number of benzene rings is 3. The second-order valence-corrected chi connectivity index (χ2v) is 8.77.